The molecule has 1 aromatic rings. The van der Waals surface area contributed by atoms with Gasteiger partial charge in [0.25, 0.3) is 0 Å². The number of carboxylic acid groups (broad SMARTS) is 1. The van der Waals surface area contributed by atoms with Crippen LogP contribution in [0, 0.1) is 17.6 Å². The van der Waals surface area contributed by atoms with Crippen LogP contribution in [0.25, 0.3) is 0 Å². The summed E-state index contributed by atoms with van der Waals surface area (Å²) in [5.41, 5.74) is 0.692. The molecule has 4 nitrogen and oxygen atoms in total. The van der Waals surface area contributed by atoms with Gasteiger partial charge in [-0.25, -0.2) is 8.78 Å². The average molecular weight is 257 g/mol. The first-order valence-corrected chi connectivity index (χ1v) is 5.57. The van der Waals surface area contributed by atoms with Crippen molar-refractivity contribution in [1.29, 1.82) is 0 Å². The van der Waals surface area contributed by atoms with Crippen molar-refractivity contribution in [3.8, 4) is 0 Å². The monoisotopic (exact) mass is 257 g/mol. The molecule has 1 heterocycles. The molecule has 2 atom stereocenters. The van der Waals surface area contributed by atoms with E-state index in [1.165, 1.54) is 0 Å². The number of nitrogens with one attached hydrogen (secondary N) is 1. The number of halogens is 2. The normalized spacial score (nSPS) is 23.3. The number of aliphatic hydroxyl groups is 1. The Labute approximate surface area is 102 Å². The van der Waals surface area contributed by atoms with Crippen LogP contribution in [0.1, 0.15) is 23.6 Å². The Kier molecular flexibility index (Phi) is 3.58. The first kappa shape index (κ1) is 12.9. The van der Waals surface area contributed by atoms with Crippen LogP contribution in [0.15, 0.2) is 12.1 Å². The van der Waals surface area contributed by atoms with Crippen molar-refractivity contribution in [1.82, 2.24) is 5.32 Å². The zero-order valence-electron chi connectivity index (χ0n) is 9.49. The van der Waals surface area contributed by atoms with Crippen molar-refractivity contribution < 1.29 is 23.8 Å². The first-order valence-electron chi connectivity index (χ1n) is 5.57. The van der Waals surface area contributed by atoms with Gasteiger partial charge in [-0.15, -0.1) is 0 Å². The van der Waals surface area contributed by atoms with Gasteiger partial charge in [0, 0.05) is 12.6 Å². The molecule has 0 spiro atoms. The van der Waals surface area contributed by atoms with E-state index in [4.69, 9.17) is 10.2 Å². The molecule has 1 aliphatic heterocycles. The Hall–Kier alpha value is -1.53. The van der Waals surface area contributed by atoms with Crippen molar-refractivity contribution in [2.75, 3.05) is 6.54 Å². The summed E-state index contributed by atoms with van der Waals surface area (Å²) < 4.78 is 26.2. The van der Waals surface area contributed by atoms with Gasteiger partial charge in [-0.3, -0.25) is 4.79 Å². The predicted molar refractivity (Wildman–Crippen MR) is 58.8 cm³/mol. The number of benzene rings is 1. The van der Waals surface area contributed by atoms with Crippen molar-refractivity contribution in [2.24, 2.45) is 5.92 Å². The maximum absolute atomic E-state index is 13.2. The van der Waals surface area contributed by atoms with Crippen molar-refractivity contribution in [3.05, 3.63) is 34.9 Å². The molecule has 0 bridgehead atoms. The van der Waals surface area contributed by atoms with Gasteiger partial charge in [-0.2, -0.15) is 0 Å². The molecule has 0 aromatic heterocycles. The fourth-order valence-electron chi connectivity index (χ4n) is 2.23. The van der Waals surface area contributed by atoms with Crippen LogP contribution in [0.2, 0.25) is 0 Å². The molecule has 6 heteroatoms. The Balaban J connectivity index is 2.29. The van der Waals surface area contributed by atoms with Crippen LogP contribution in [0.4, 0.5) is 8.78 Å². The van der Waals surface area contributed by atoms with E-state index in [2.05, 4.69) is 5.32 Å². The van der Waals surface area contributed by atoms with Crippen molar-refractivity contribution >= 4 is 5.97 Å². The minimum absolute atomic E-state index is 0.275. The standard InChI is InChI=1S/C12H13F2NO3/c13-9-1-7(5-16)8(3-10(9)14)11-2-6(4-15-11)12(17)18/h1,3,6,11,15-16H,2,4-5H2,(H,17,18). The van der Waals surface area contributed by atoms with Crippen LogP contribution < -0.4 is 5.32 Å². The van der Waals surface area contributed by atoms with E-state index in [-0.39, 0.29) is 18.2 Å². The van der Waals surface area contributed by atoms with Gasteiger partial charge < -0.3 is 15.5 Å². The summed E-state index contributed by atoms with van der Waals surface area (Å²) in [4.78, 5) is 10.8. The Morgan fingerprint density at radius 3 is 2.61 bits per heavy atom. The number of hydrogen-bond acceptors (Lipinski definition) is 3. The summed E-state index contributed by atoms with van der Waals surface area (Å²) in [5, 5.41) is 21.0. The van der Waals surface area contributed by atoms with E-state index >= 15 is 0 Å². The second kappa shape index (κ2) is 4.99. The SMILES string of the molecule is O=C(O)C1CNC(c2cc(F)c(F)cc2CO)C1. The van der Waals surface area contributed by atoms with Gasteiger partial charge >= 0.3 is 5.97 Å². The number of carbonyl (C=O) groups is 1. The lowest BCUT2D eigenvalue weighted by Gasteiger charge is -2.15. The van der Waals surface area contributed by atoms with E-state index in [0.717, 1.165) is 12.1 Å². The molecule has 1 fully saturated rings. The molecule has 1 aliphatic rings. The van der Waals surface area contributed by atoms with Gasteiger partial charge in [-0.05, 0) is 29.7 Å². The van der Waals surface area contributed by atoms with Crippen LogP contribution in [0.3, 0.4) is 0 Å². The summed E-state index contributed by atoms with van der Waals surface area (Å²) in [6.45, 7) is -0.133. The molecule has 1 saturated heterocycles. The van der Waals surface area contributed by atoms with Crippen LogP contribution >= 0.6 is 0 Å². The van der Waals surface area contributed by atoms with Gasteiger partial charge in [0.05, 0.1) is 12.5 Å². The predicted octanol–water partition coefficient (Wildman–Crippen LogP) is 1.19. The topological polar surface area (TPSA) is 69.6 Å². The molecule has 1 aromatic carbocycles. The van der Waals surface area contributed by atoms with Crippen LogP contribution in [-0.2, 0) is 11.4 Å². The van der Waals surface area contributed by atoms with E-state index in [1.54, 1.807) is 0 Å². The zero-order chi connectivity index (χ0) is 13.3. The molecule has 18 heavy (non-hydrogen) atoms. The van der Waals surface area contributed by atoms with Crippen molar-refractivity contribution in [3.63, 3.8) is 0 Å². The largest absolute Gasteiger partial charge is 0.481 e. The van der Waals surface area contributed by atoms with Gasteiger partial charge in [0.1, 0.15) is 0 Å². The van der Waals surface area contributed by atoms with E-state index in [0.29, 0.717) is 12.0 Å². The molecule has 98 valence electrons. The maximum atomic E-state index is 13.2. The highest BCUT2D eigenvalue weighted by Crippen LogP contribution is 2.30. The number of carboxylic acids is 1. The van der Waals surface area contributed by atoms with E-state index in [9.17, 15) is 13.6 Å². The lowest BCUT2D eigenvalue weighted by Crippen LogP contribution is -2.18. The molecule has 3 N–H and O–H groups in total. The van der Waals surface area contributed by atoms with E-state index in [1.807, 2.05) is 0 Å². The summed E-state index contributed by atoms with van der Waals surface area (Å²) in [7, 11) is 0. The molecule has 2 unspecified atom stereocenters. The number of aliphatic hydroxyl groups excluding tert-OH is 1. The molecule has 2 rings (SSSR count). The third-order valence-electron chi connectivity index (χ3n) is 3.21. The summed E-state index contributed by atoms with van der Waals surface area (Å²) in [5.74, 6) is -3.48. The molecule has 0 amide bonds. The highest BCUT2D eigenvalue weighted by molar-refractivity contribution is 5.70. The Bertz CT molecular complexity index is 479. The number of rotatable bonds is 3. The third-order valence-corrected chi connectivity index (χ3v) is 3.21. The average Bonchev–Trinajstić information content (AvgIpc) is 2.81. The lowest BCUT2D eigenvalue weighted by atomic mass is 9.96. The van der Waals surface area contributed by atoms with Crippen LogP contribution in [-0.4, -0.2) is 22.7 Å². The van der Waals surface area contributed by atoms with Crippen molar-refractivity contribution in [2.45, 2.75) is 19.1 Å². The van der Waals surface area contributed by atoms with Gasteiger partial charge in [-0.1, -0.05) is 0 Å². The van der Waals surface area contributed by atoms with Gasteiger partial charge in [0.15, 0.2) is 11.6 Å². The number of aliphatic carboxylic acids is 1. The highest BCUT2D eigenvalue weighted by Gasteiger charge is 2.31. The molecule has 0 saturated carbocycles. The molecular formula is C12H13F2NO3. The summed E-state index contributed by atoms with van der Waals surface area (Å²) >= 11 is 0. The first-order chi connectivity index (χ1) is 8.52. The maximum Gasteiger partial charge on any atom is 0.307 e. The zero-order valence-corrected chi connectivity index (χ0v) is 9.49. The quantitative estimate of drug-likeness (QED) is 0.760. The third kappa shape index (κ3) is 2.34. The fourth-order valence-corrected chi connectivity index (χ4v) is 2.23. The van der Waals surface area contributed by atoms with E-state index < -0.39 is 30.1 Å². The molecule has 0 aliphatic carbocycles. The highest BCUT2D eigenvalue weighted by atomic mass is 19.2. The second-order valence-corrected chi connectivity index (χ2v) is 4.35. The summed E-state index contributed by atoms with van der Waals surface area (Å²) in [6.07, 6.45) is 0.299. The van der Waals surface area contributed by atoms with Crippen LogP contribution in [0.5, 0.6) is 0 Å². The molecule has 0 radical (unpaired) electrons. The lowest BCUT2D eigenvalue weighted by molar-refractivity contribution is -0.141. The second-order valence-electron chi connectivity index (χ2n) is 4.35. The Morgan fingerprint density at radius 2 is 2.06 bits per heavy atom. The molecular weight excluding hydrogens is 244 g/mol. The number of hydrogen-bond donors (Lipinski definition) is 3. The minimum atomic E-state index is -1.02. The van der Waals surface area contributed by atoms with Gasteiger partial charge in [0.2, 0.25) is 0 Å². The smallest absolute Gasteiger partial charge is 0.307 e. The fraction of sp³-hybridized carbons (Fsp3) is 0.417. The minimum Gasteiger partial charge on any atom is -0.481 e. The summed E-state index contributed by atoms with van der Waals surface area (Å²) in [6, 6.07) is 1.59. The Morgan fingerprint density at radius 1 is 1.39 bits per heavy atom.